The minimum Gasteiger partial charge on any atom is -0.494 e. The van der Waals surface area contributed by atoms with E-state index < -0.39 is 16.1 Å². The van der Waals surface area contributed by atoms with Gasteiger partial charge >= 0.3 is 0 Å². The fourth-order valence-corrected chi connectivity index (χ4v) is 4.79. The Morgan fingerprint density at radius 2 is 1.66 bits per heavy atom. The summed E-state index contributed by atoms with van der Waals surface area (Å²) < 4.78 is 33.3. The largest absolute Gasteiger partial charge is 0.494 e. The predicted molar refractivity (Wildman–Crippen MR) is 123 cm³/mol. The molecule has 0 bridgehead atoms. The molecule has 1 atom stereocenters. The van der Waals surface area contributed by atoms with Gasteiger partial charge in [0, 0.05) is 11.6 Å². The molecule has 1 aliphatic carbocycles. The Morgan fingerprint density at radius 3 is 2.31 bits per heavy atom. The van der Waals surface area contributed by atoms with Crippen LogP contribution in [0.15, 0.2) is 83.8 Å². The zero-order valence-electron chi connectivity index (χ0n) is 17.8. The maximum Gasteiger partial charge on any atom is 0.252 e. The van der Waals surface area contributed by atoms with Crippen molar-refractivity contribution in [2.45, 2.75) is 36.7 Å². The summed E-state index contributed by atoms with van der Waals surface area (Å²) in [5.74, 6) is 0.409. The SMILES string of the molecule is CCOc1ccc(C(NC(=O)c2cccc(S(=O)(=O)NC3CC3)c2)c2ccccc2)cc1. The second-order valence-corrected chi connectivity index (χ2v) is 9.46. The van der Waals surface area contributed by atoms with Crippen molar-refractivity contribution in [3.8, 4) is 5.75 Å². The monoisotopic (exact) mass is 450 g/mol. The molecule has 0 heterocycles. The molecule has 6 nitrogen and oxygen atoms in total. The van der Waals surface area contributed by atoms with E-state index in [0.29, 0.717) is 6.61 Å². The van der Waals surface area contributed by atoms with Gasteiger partial charge < -0.3 is 10.1 Å². The van der Waals surface area contributed by atoms with Gasteiger partial charge in [-0.2, -0.15) is 0 Å². The van der Waals surface area contributed by atoms with Crippen LogP contribution in [0, 0.1) is 0 Å². The molecule has 166 valence electrons. The van der Waals surface area contributed by atoms with Crippen molar-refractivity contribution in [1.29, 1.82) is 0 Å². The van der Waals surface area contributed by atoms with Crippen LogP contribution in [-0.2, 0) is 10.0 Å². The molecule has 1 amide bonds. The summed E-state index contributed by atoms with van der Waals surface area (Å²) >= 11 is 0. The van der Waals surface area contributed by atoms with Gasteiger partial charge in [0.05, 0.1) is 17.5 Å². The van der Waals surface area contributed by atoms with Gasteiger partial charge in [-0.1, -0.05) is 48.5 Å². The van der Waals surface area contributed by atoms with E-state index in [1.54, 1.807) is 12.1 Å². The van der Waals surface area contributed by atoms with Crippen molar-refractivity contribution in [3.63, 3.8) is 0 Å². The fraction of sp³-hybridized carbons (Fsp3) is 0.240. The van der Waals surface area contributed by atoms with E-state index in [2.05, 4.69) is 10.0 Å². The van der Waals surface area contributed by atoms with E-state index in [9.17, 15) is 13.2 Å². The highest BCUT2D eigenvalue weighted by Gasteiger charge is 2.28. The lowest BCUT2D eigenvalue weighted by atomic mass is 9.98. The summed E-state index contributed by atoms with van der Waals surface area (Å²) in [4.78, 5) is 13.2. The second-order valence-electron chi connectivity index (χ2n) is 7.74. The molecular weight excluding hydrogens is 424 g/mol. The zero-order chi connectivity index (χ0) is 22.6. The minimum absolute atomic E-state index is 0.000367. The summed E-state index contributed by atoms with van der Waals surface area (Å²) in [5.41, 5.74) is 2.10. The van der Waals surface area contributed by atoms with Crippen molar-refractivity contribution >= 4 is 15.9 Å². The average molecular weight is 451 g/mol. The number of carbonyl (C=O) groups is 1. The highest BCUT2D eigenvalue weighted by molar-refractivity contribution is 7.89. The van der Waals surface area contributed by atoms with Crippen LogP contribution in [0.5, 0.6) is 5.75 Å². The van der Waals surface area contributed by atoms with E-state index in [1.165, 1.54) is 12.1 Å². The Kier molecular flexibility index (Phi) is 6.58. The molecule has 2 N–H and O–H groups in total. The third-order valence-electron chi connectivity index (χ3n) is 5.24. The van der Waals surface area contributed by atoms with Crippen molar-refractivity contribution < 1.29 is 17.9 Å². The van der Waals surface area contributed by atoms with Gasteiger partial charge in [0.1, 0.15) is 5.75 Å². The highest BCUT2D eigenvalue weighted by Crippen LogP contribution is 2.26. The van der Waals surface area contributed by atoms with E-state index in [4.69, 9.17) is 4.74 Å². The number of carbonyl (C=O) groups excluding carboxylic acids is 1. The van der Waals surface area contributed by atoms with Gasteiger partial charge in [-0.25, -0.2) is 13.1 Å². The lowest BCUT2D eigenvalue weighted by Gasteiger charge is -2.20. The smallest absolute Gasteiger partial charge is 0.252 e. The van der Waals surface area contributed by atoms with Crippen LogP contribution in [-0.4, -0.2) is 27.0 Å². The van der Waals surface area contributed by atoms with E-state index >= 15 is 0 Å². The Hall–Kier alpha value is -3.16. The van der Waals surface area contributed by atoms with Crippen LogP contribution in [0.1, 0.15) is 47.3 Å². The number of nitrogens with one attached hydrogen (secondary N) is 2. The van der Waals surface area contributed by atoms with Gasteiger partial charge in [-0.3, -0.25) is 4.79 Å². The summed E-state index contributed by atoms with van der Waals surface area (Å²) in [6.45, 7) is 2.50. The molecule has 0 aliphatic heterocycles. The molecule has 0 aromatic heterocycles. The molecule has 3 aromatic carbocycles. The first-order chi connectivity index (χ1) is 15.5. The van der Waals surface area contributed by atoms with Gasteiger partial charge in [0.2, 0.25) is 10.0 Å². The van der Waals surface area contributed by atoms with Crippen molar-refractivity contribution in [2.24, 2.45) is 0 Å². The average Bonchev–Trinajstić information content (AvgIpc) is 3.62. The molecule has 0 spiro atoms. The maximum atomic E-state index is 13.1. The molecule has 0 saturated heterocycles. The molecule has 1 fully saturated rings. The summed E-state index contributed by atoms with van der Waals surface area (Å²) in [6, 6.07) is 23.0. The van der Waals surface area contributed by atoms with Crippen molar-refractivity contribution in [2.75, 3.05) is 6.61 Å². The quantitative estimate of drug-likeness (QED) is 0.515. The van der Waals surface area contributed by atoms with Crippen molar-refractivity contribution in [3.05, 3.63) is 95.6 Å². The lowest BCUT2D eigenvalue weighted by molar-refractivity contribution is 0.0942. The third-order valence-corrected chi connectivity index (χ3v) is 6.76. The number of benzene rings is 3. The molecule has 1 unspecified atom stereocenters. The van der Waals surface area contributed by atoms with Crippen LogP contribution in [0.4, 0.5) is 0 Å². The molecule has 1 saturated carbocycles. The Morgan fingerprint density at radius 1 is 0.969 bits per heavy atom. The number of ether oxygens (including phenoxy) is 1. The second kappa shape index (κ2) is 9.54. The predicted octanol–water partition coefficient (Wildman–Crippen LogP) is 4.05. The normalized spacial score (nSPS) is 14.5. The summed E-state index contributed by atoms with van der Waals surface area (Å²) in [7, 11) is -3.64. The lowest BCUT2D eigenvalue weighted by Crippen LogP contribution is -2.30. The van der Waals surface area contributed by atoms with Crippen molar-refractivity contribution in [1.82, 2.24) is 10.0 Å². The standard InChI is InChI=1S/C25H26N2O4S/c1-2-31-22-15-11-19(12-16-22)24(18-7-4-3-5-8-18)26-25(28)20-9-6-10-23(17-20)32(29,30)27-21-13-14-21/h3-12,15-17,21,24,27H,2,13-14H2,1H3,(H,26,28). The number of rotatable bonds is 9. The Balaban J connectivity index is 1.59. The number of hydrogen-bond acceptors (Lipinski definition) is 4. The Bertz CT molecular complexity index is 1170. The molecule has 3 aromatic rings. The van der Waals surface area contributed by atoms with Gasteiger partial charge in [0.15, 0.2) is 0 Å². The van der Waals surface area contributed by atoms with Crippen LogP contribution in [0.2, 0.25) is 0 Å². The Labute approximate surface area is 188 Å². The number of hydrogen-bond donors (Lipinski definition) is 2. The number of amides is 1. The molecule has 7 heteroatoms. The van der Waals surface area contributed by atoms with Crippen LogP contribution in [0.25, 0.3) is 0 Å². The van der Waals surface area contributed by atoms with Gasteiger partial charge in [-0.05, 0) is 61.2 Å². The van der Waals surface area contributed by atoms with E-state index in [-0.39, 0.29) is 22.4 Å². The van der Waals surface area contributed by atoms with Crippen LogP contribution in [0.3, 0.4) is 0 Å². The first-order valence-corrected chi connectivity index (χ1v) is 12.2. The summed E-state index contributed by atoms with van der Waals surface area (Å²) in [5, 5.41) is 3.05. The van der Waals surface area contributed by atoms with E-state index in [0.717, 1.165) is 29.7 Å². The molecule has 0 radical (unpaired) electrons. The molecule has 1 aliphatic rings. The molecule has 4 rings (SSSR count). The number of sulfonamides is 1. The topological polar surface area (TPSA) is 84.5 Å². The first-order valence-electron chi connectivity index (χ1n) is 10.7. The van der Waals surface area contributed by atoms with Gasteiger partial charge in [-0.15, -0.1) is 0 Å². The molecular formula is C25H26N2O4S. The highest BCUT2D eigenvalue weighted by atomic mass is 32.2. The van der Waals surface area contributed by atoms with E-state index in [1.807, 2.05) is 61.5 Å². The fourth-order valence-electron chi connectivity index (χ4n) is 3.44. The van der Waals surface area contributed by atoms with Crippen LogP contribution >= 0.6 is 0 Å². The van der Waals surface area contributed by atoms with Crippen LogP contribution < -0.4 is 14.8 Å². The van der Waals surface area contributed by atoms with Gasteiger partial charge in [0.25, 0.3) is 5.91 Å². The third kappa shape index (κ3) is 5.36. The first kappa shape index (κ1) is 22.0. The minimum atomic E-state index is -3.64. The maximum absolute atomic E-state index is 13.1. The zero-order valence-corrected chi connectivity index (χ0v) is 18.6. The molecule has 32 heavy (non-hydrogen) atoms. The summed E-state index contributed by atoms with van der Waals surface area (Å²) in [6.07, 6.45) is 1.69.